The molecule has 0 aromatic heterocycles. The Morgan fingerprint density at radius 2 is 1.85 bits per heavy atom. The molecule has 0 spiro atoms. The number of hydrogen-bond donors (Lipinski definition) is 2. The minimum Gasteiger partial charge on any atom is -0.357 e. The first-order chi connectivity index (χ1) is 13.2. The van der Waals surface area contributed by atoms with Gasteiger partial charge in [0.25, 0.3) is 0 Å². The molecule has 1 aliphatic rings. The van der Waals surface area contributed by atoms with Crippen LogP contribution < -0.4 is 10.6 Å². The number of amides is 1. The molecule has 2 N–H and O–H groups in total. The topological polar surface area (TPSA) is 56.7 Å². The number of hydrogen-bond acceptors (Lipinski definition) is 2. The molecular weight excluding hydrogens is 343 g/mol. The van der Waals surface area contributed by atoms with E-state index < -0.39 is 0 Å². The number of fused-ring (bicyclic) bond motifs is 1. The highest BCUT2D eigenvalue weighted by atomic mass is 19.1. The Kier molecular flexibility index (Phi) is 6.41. The van der Waals surface area contributed by atoms with Crippen molar-refractivity contribution < 1.29 is 9.18 Å². The average molecular weight is 368 g/mol. The second kappa shape index (κ2) is 9.16. The molecule has 0 saturated heterocycles. The van der Waals surface area contributed by atoms with E-state index in [0.29, 0.717) is 24.6 Å². The molecule has 0 saturated carbocycles. The summed E-state index contributed by atoms with van der Waals surface area (Å²) >= 11 is 0. The van der Waals surface area contributed by atoms with Crippen LogP contribution in [-0.4, -0.2) is 36.4 Å². The predicted octanol–water partition coefficient (Wildman–Crippen LogP) is 2.47. The lowest BCUT2D eigenvalue weighted by molar-refractivity contribution is -0.130. The first-order valence-corrected chi connectivity index (χ1v) is 9.27. The number of benzene rings is 2. The van der Waals surface area contributed by atoms with Gasteiger partial charge in [0, 0.05) is 25.2 Å². The average Bonchev–Trinajstić information content (AvgIpc) is 2.70. The fourth-order valence-corrected chi connectivity index (χ4v) is 3.11. The maximum absolute atomic E-state index is 13.7. The van der Waals surface area contributed by atoms with Crippen LogP contribution in [0.25, 0.3) is 0 Å². The number of carbonyl (C=O) groups is 1. The van der Waals surface area contributed by atoms with Crippen molar-refractivity contribution in [3.63, 3.8) is 0 Å². The molecule has 0 bridgehead atoms. The smallest absolute Gasteiger partial charge is 0.242 e. The van der Waals surface area contributed by atoms with Crippen LogP contribution in [0.4, 0.5) is 4.39 Å². The van der Waals surface area contributed by atoms with E-state index in [1.165, 1.54) is 17.2 Å². The van der Waals surface area contributed by atoms with Gasteiger partial charge in [-0.05, 0) is 30.5 Å². The van der Waals surface area contributed by atoms with E-state index in [-0.39, 0.29) is 24.8 Å². The second-order valence-electron chi connectivity index (χ2n) is 6.47. The maximum Gasteiger partial charge on any atom is 0.242 e. The fourth-order valence-electron chi connectivity index (χ4n) is 3.11. The standard InChI is InChI=1S/C21H25FN4O/c1-2-23-21(24-13-17-8-5-6-10-19(17)22)25-14-20(27)26-12-11-16-7-3-4-9-18(16)15-26/h3-10H,2,11-15H2,1H3,(H2,23,24,25). The molecular formula is C21H25FN4O. The number of guanidine groups is 1. The van der Waals surface area contributed by atoms with E-state index in [1.807, 2.05) is 24.0 Å². The van der Waals surface area contributed by atoms with Crippen molar-refractivity contribution in [2.24, 2.45) is 4.99 Å². The Morgan fingerprint density at radius 1 is 1.11 bits per heavy atom. The fraction of sp³-hybridized carbons (Fsp3) is 0.333. The summed E-state index contributed by atoms with van der Waals surface area (Å²) in [7, 11) is 0. The van der Waals surface area contributed by atoms with Crippen LogP contribution in [0.2, 0.25) is 0 Å². The molecule has 0 aliphatic carbocycles. The van der Waals surface area contributed by atoms with Crippen LogP contribution in [-0.2, 0) is 24.3 Å². The normalized spacial score (nSPS) is 13.9. The van der Waals surface area contributed by atoms with Crippen molar-refractivity contribution in [3.05, 3.63) is 71.0 Å². The molecule has 0 fully saturated rings. The third-order valence-electron chi connectivity index (χ3n) is 4.60. The van der Waals surface area contributed by atoms with Crippen molar-refractivity contribution in [1.82, 2.24) is 15.5 Å². The molecule has 2 aromatic carbocycles. The van der Waals surface area contributed by atoms with Crippen LogP contribution in [0.15, 0.2) is 53.5 Å². The molecule has 6 heteroatoms. The number of aliphatic imine (C=N–C) groups is 1. The Morgan fingerprint density at radius 3 is 2.63 bits per heavy atom. The van der Waals surface area contributed by atoms with Gasteiger partial charge in [0.2, 0.25) is 5.91 Å². The molecule has 2 aromatic rings. The number of rotatable bonds is 5. The van der Waals surface area contributed by atoms with Crippen molar-refractivity contribution in [2.75, 3.05) is 19.6 Å². The van der Waals surface area contributed by atoms with Crippen LogP contribution in [0.3, 0.4) is 0 Å². The Hall–Kier alpha value is -2.89. The summed E-state index contributed by atoms with van der Waals surface area (Å²) in [5.74, 6) is 0.257. The van der Waals surface area contributed by atoms with E-state index in [1.54, 1.807) is 18.2 Å². The SMILES string of the molecule is CCNC(=NCc1ccccc1F)NCC(=O)N1CCc2ccccc2C1. The van der Waals surface area contributed by atoms with Gasteiger partial charge < -0.3 is 15.5 Å². The molecule has 142 valence electrons. The van der Waals surface area contributed by atoms with Crippen molar-refractivity contribution >= 4 is 11.9 Å². The van der Waals surface area contributed by atoms with E-state index in [2.05, 4.69) is 27.8 Å². The maximum atomic E-state index is 13.7. The number of nitrogens with zero attached hydrogens (tertiary/aromatic N) is 2. The summed E-state index contributed by atoms with van der Waals surface area (Å²) in [5, 5.41) is 6.15. The lowest BCUT2D eigenvalue weighted by Crippen LogP contribution is -2.45. The molecule has 1 amide bonds. The van der Waals surface area contributed by atoms with Gasteiger partial charge in [0.1, 0.15) is 5.82 Å². The van der Waals surface area contributed by atoms with Crippen LogP contribution in [0.1, 0.15) is 23.6 Å². The van der Waals surface area contributed by atoms with E-state index in [9.17, 15) is 9.18 Å². The molecule has 1 aliphatic heterocycles. The monoisotopic (exact) mass is 368 g/mol. The summed E-state index contributed by atoms with van der Waals surface area (Å²) in [6.45, 7) is 4.34. The minimum atomic E-state index is -0.278. The lowest BCUT2D eigenvalue weighted by atomic mass is 10.00. The third kappa shape index (κ3) is 5.06. The minimum absolute atomic E-state index is 0.0287. The van der Waals surface area contributed by atoms with Crippen molar-refractivity contribution in [3.8, 4) is 0 Å². The lowest BCUT2D eigenvalue weighted by Gasteiger charge is -2.29. The molecule has 3 rings (SSSR count). The molecule has 5 nitrogen and oxygen atoms in total. The van der Waals surface area contributed by atoms with Crippen molar-refractivity contribution in [1.29, 1.82) is 0 Å². The van der Waals surface area contributed by atoms with Crippen LogP contribution >= 0.6 is 0 Å². The zero-order valence-electron chi connectivity index (χ0n) is 15.5. The van der Waals surface area contributed by atoms with Gasteiger partial charge in [0.05, 0.1) is 13.1 Å². The number of nitrogens with one attached hydrogen (secondary N) is 2. The van der Waals surface area contributed by atoms with E-state index in [4.69, 9.17) is 0 Å². The van der Waals surface area contributed by atoms with Gasteiger partial charge >= 0.3 is 0 Å². The summed E-state index contributed by atoms with van der Waals surface area (Å²) in [4.78, 5) is 18.8. The number of carbonyl (C=O) groups excluding carboxylic acids is 1. The van der Waals surface area contributed by atoms with Gasteiger partial charge in [-0.2, -0.15) is 0 Å². The summed E-state index contributed by atoms with van der Waals surface area (Å²) in [6.07, 6.45) is 0.878. The highest BCUT2D eigenvalue weighted by Crippen LogP contribution is 2.18. The Bertz CT molecular complexity index is 821. The summed E-state index contributed by atoms with van der Waals surface area (Å²) in [6, 6.07) is 14.8. The zero-order valence-corrected chi connectivity index (χ0v) is 15.5. The van der Waals surface area contributed by atoms with Gasteiger partial charge in [-0.3, -0.25) is 4.79 Å². The molecule has 1 heterocycles. The van der Waals surface area contributed by atoms with Crippen LogP contribution in [0, 0.1) is 5.82 Å². The summed E-state index contributed by atoms with van der Waals surface area (Å²) < 4.78 is 13.7. The molecule has 0 unspecified atom stereocenters. The third-order valence-corrected chi connectivity index (χ3v) is 4.60. The predicted molar refractivity (Wildman–Crippen MR) is 105 cm³/mol. The largest absolute Gasteiger partial charge is 0.357 e. The second-order valence-corrected chi connectivity index (χ2v) is 6.47. The van der Waals surface area contributed by atoms with E-state index in [0.717, 1.165) is 13.0 Å². The van der Waals surface area contributed by atoms with Gasteiger partial charge in [0.15, 0.2) is 5.96 Å². The van der Waals surface area contributed by atoms with E-state index >= 15 is 0 Å². The summed E-state index contributed by atoms with van der Waals surface area (Å²) in [5.41, 5.74) is 3.04. The first kappa shape index (κ1) is 18.9. The molecule has 0 radical (unpaired) electrons. The number of halogens is 1. The zero-order chi connectivity index (χ0) is 19.1. The van der Waals surface area contributed by atoms with Gasteiger partial charge in [-0.1, -0.05) is 42.5 Å². The molecule has 27 heavy (non-hydrogen) atoms. The Labute approximate surface area is 159 Å². The van der Waals surface area contributed by atoms with Gasteiger partial charge in [-0.25, -0.2) is 9.38 Å². The van der Waals surface area contributed by atoms with Crippen LogP contribution in [0.5, 0.6) is 0 Å². The Balaban J connectivity index is 1.57. The highest BCUT2D eigenvalue weighted by molar-refractivity contribution is 5.86. The molecule has 0 atom stereocenters. The van der Waals surface area contributed by atoms with Gasteiger partial charge in [-0.15, -0.1) is 0 Å². The first-order valence-electron chi connectivity index (χ1n) is 9.27. The van der Waals surface area contributed by atoms with Crippen molar-refractivity contribution in [2.45, 2.75) is 26.4 Å². The highest BCUT2D eigenvalue weighted by Gasteiger charge is 2.20. The quantitative estimate of drug-likeness (QED) is 0.630.